The average molecular weight is 360 g/mol. The lowest BCUT2D eigenvalue weighted by atomic mass is 9.47. The van der Waals surface area contributed by atoms with E-state index in [2.05, 4.69) is 25.1 Å². The summed E-state index contributed by atoms with van der Waals surface area (Å²) in [7, 11) is 0. The summed E-state index contributed by atoms with van der Waals surface area (Å²) in [6.07, 6.45) is 12.4. The number of hydrogen-bond acceptors (Lipinski definition) is 4. The van der Waals surface area contributed by atoms with Gasteiger partial charge in [0.2, 0.25) is 0 Å². The summed E-state index contributed by atoms with van der Waals surface area (Å²) in [5, 5.41) is 21.8. The summed E-state index contributed by atoms with van der Waals surface area (Å²) < 4.78 is 0. The molecule has 0 aromatic heterocycles. The maximum Gasteiger partial charge on any atom is 0.141 e. The Hall–Kier alpha value is -1.16. The number of aliphatic hydroxyl groups is 1. The summed E-state index contributed by atoms with van der Waals surface area (Å²) >= 11 is 0. The summed E-state index contributed by atoms with van der Waals surface area (Å²) in [5.74, 6) is 2.40. The van der Waals surface area contributed by atoms with Gasteiger partial charge in [-0.3, -0.25) is 4.79 Å². The van der Waals surface area contributed by atoms with Crippen molar-refractivity contribution in [3.05, 3.63) is 11.6 Å². The molecule has 0 aliphatic heterocycles. The highest BCUT2D eigenvalue weighted by atomic mass is 16.4. The molecule has 0 bridgehead atoms. The van der Waals surface area contributed by atoms with E-state index in [1.165, 1.54) is 18.2 Å². The fraction of sp³-hybridized carbons (Fsp3) is 0.818. The van der Waals surface area contributed by atoms with Crippen molar-refractivity contribution >= 4 is 12.0 Å². The minimum atomic E-state index is -0.151. The van der Waals surface area contributed by atoms with Crippen LogP contribution in [0.15, 0.2) is 16.8 Å². The van der Waals surface area contributed by atoms with E-state index in [0.29, 0.717) is 17.8 Å². The van der Waals surface area contributed by atoms with Gasteiger partial charge in [-0.05, 0) is 80.0 Å². The van der Waals surface area contributed by atoms with Crippen LogP contribution in [-0.2, 0) is 4.79 Å². The summed E-state index contributed by atoms with van der Waals surface area (Å²) in [4.78, 5) is 12.7. The zero-order valence-corrected chi connectivity index (χ0v) is 16.2. The Kier molecular flexibility index (Phi) is 4.53. The molecule has 4 heteroatoms. The molecular weight excluding hydrogens is 326 g/mol. The van der Waals surface area contributed by atoms with Gasteiger partial charge in [-0.1, -0.05) is 25.5 Å². The zero-order chi connectivity index (χ0) is 18.5. The van der Waals surface area contributed by atoms with Crippen LogP contribution in [0.25, 0.3) is 0 Å². The number of oxime groups is 1. The van der Waals surface area contributed by atoms with Gasteiger partial charge < -0.3 is 10.3 Å². The first kappa shape index (κ1) is 18.2. The van der Waals surface area contributed by atoms with Crippen LogP contribution in [0.4, 0.5) is 0 Å². The van der Waals surface area contributed by atoms with Crippen molar-refractivity contribution in [1.82, 2.24) is 0 Å². The Labute approximate surface area is 156 Å². The maximum absolute atomic E-state index is 12.7. The number of rotatable bonds is 3. The van der Waals surface area contributed by atoms with Gasteiger partial charge in [0.15, 0.2) is 0 Å². The van der Waals surface area contributed by atoms with Crippen molar-refractivity contribution < 1.29 is 15.1 Å². The lowest BCUT2D eigenvalue weighted by Gasteiger charge is -2.57. The number of allylic oxidation sites excluding steroid dienone is 1. The second-order valence-electron chi connectivity index (χ2n) is 9.80. The first-order valence-corrected chi connectivity index (χ1v) is 10.5. The normalized spacial score (nSPS) is 47.8. The smallest absolute Gasteiger partial charge is 0.141 e. The quantitative estimate of drug-likeness (QED) is 0.341. The molecule has 3 fully saturated rings. The van der Waals surface area contributed by atoms with Crippen molar-refractivity contribution in [3.8, 4) is 0 Å². The van der Waals surface area contributed by atoms with Crippen molar-refractivity contribution in [1.29, 1.82) is 0 Å². The van der Waals surface area contributed by atoms with E-state index in [-0.39, 0.29) is 35.1 Å². The van der Waals surface area contributed by atoms with E-state index in [0.717, 1.165) is 44.9 Å². The molecule has 26 heavy (non-hydrogen) atoms. The average Bonchev–Trinajstić information content (AvgIpc) is 2.97. The van der Waals surface area contributed by atoms with Gasteiger partial charge >= 0.3 is 0 Å². The van der Waals surface area contributed by atoms with Gasteiger partial charge in [-0.2, -0.15) is 0 Å². The largest absolute Gasteiger partial charge is 0.411 e. The highest BCUT2D eigenvalue weighted by molar-refractivity contribution is 5.93. The van der Waals surface area contributed by atoms with Crippen molar-refractivity contribution in [2.75, 3.05) is 0 Å². The molecule has 4 aliphatic rings. The molecule has 0 aromatic rings. The molecule has 0 heterocycles. The number of carbonyl (C=O) groups excluding carboxylic acids is 1. The third-order valence-corrected chi connectivity index (χ3v) is 8.84. The van der Waals surface area contributed by atoms with Crippen LogP contribution in [0.2, 0.25) is 0 Å². The van der Waals surface area contributed by atoms with Crippen molar-refractivity contribution in [2.45, 2.75) is 77.7 Å². The lowest BCUT2D eigenvalue weighted by molar-refractivity contribution is -0.128. The van der Waals surface area contributed by atoms with E-state index in [1.54, 1.807) is 0 Å². The minimum Gasteiger partial charge on any atom is -0.411 e. The van der Waals surface area contributed by atoms with Gasteiger partial charge in [-0.25, -0.2) is 0 Å². The van der Waals surface area contributed by atoms with E-state index in [4.69, 9.17) is 5.21 Å². The van der Waals surface area contributed by atoms with Crippen LogP contribution in [-0.4, -0.2) is 28.4 Å². The van der Waals surface area contributed by atoms with Crippen molar-refractivity contribution in [3.63, 3.8) is 0 Å². The maximum atomic E-state index is 12.7. The van der Waals surface area contributed by atoms with Gasteiger partial charge in [0.1, 0.15) is 5.78 Å². The predicted molar refractivity (Wildman–Crippen MR) is 101 cm³/mol. The molecule has 144 valence electrons. The number of carbonyl (C=O) groups is 1. The SMILES string of the molecule is C[C@]12CC[C@H]3[C@@H](CC=C4C[C@H](O)CC[C@@]43C)[C@@H]1CC[C@@H]2C(=O)C/C=N\O. The molecule has 0 unspecified atom stereocenters. The fourth-order valence-corrected chi connectivity index (χ4v) is 7.44. The Bertz CT molecular complexity index is 641. The standard InChI is InChI=1S/C22H33NO3/c1-21-10-7-15(24)13-14(21)3-4-16-17-5-6-19(20(25)9-12-23-26)22(17,2)11-8-18(16)21/h3,12,15-19,24,26H,4-11,13H2,1-2H3/b23-12-/t15-,16+,17+,18+,19-,21+,22+/m1/s1. The van der Waals surface area contributed by atoms with Crippen LogP contribution < -0.4 is 0 Å². The second kappa shape index (κ2) is 6.47. The van der Waals surface area contributed by atoms with E-state index in [1.807, 2.05) is 0 Å². The highest BCUT2D eigenvalue weighted by Gasteiger charge is 2.59. The molecule has 0 radical (unpaired) electrons. The number of aliphatic hydroxyl groups excluding tert-OH is 1. The van der Waals surface area contributed by atoms with Crippen LogP contribution in [0.1, 0.15) is 71.6 Å². The highest BCUT2D eigenvalue weighted by Crippen LogP contribution is 2.66. The fourth-order valence-electron chi connectivity index (χ4n) is 7.44. The lowest BCUT2D eigenvalue weighted by Crippen LogP contribution is -2.51. The number of hydrogen-bond donors (Lipinski definition) is 2. The number of Topliss-reactive ketones (excluding diaryl/α,β-unsaturated/α-hetero) is 1. The number of fused-ring (bicyclic) bond motifs is 5. The number of ketones is 1. The van der Waals surface area contributed by atoms with E-state index in [9.17, 15) is 9.90 Å². The molecule has 2 N–H and O–H groups in total. The van der Waals surface area contributed by atoms with E-state index >= 15 is 0 Å². The Morgan fingerprint density at radius 3 is 2.81 bits per heavy atom. The van der Waals surface area contributed by atoms with Crippen LogP contribution in [0.3, 0.4) is 0 Å². The molecule has 4 rings (SSSR count). The second-order valence-corrected chi connectivity index (χ2v) is 9.80. The molecule has 0 amide bonds. The van der Waals surface area contributed by atoms with Gasteiger partial charge in [-0.15, -0.1) is 5.16 Å². The third kappa shape index (κ3) is 2.59. The first-order valence-electron chi connectivity index (χ1n) is 10.5. The molecule has 3 saturated carbocycles. The molecule has 0 aromatic carbocycles. The predicted octanol–water partition coefficient (Wildman–Crippen LogP) is 4.35. The zero-order valence-electron chi connectivity index (χ0n) is 16.2. The van der Waals surface area contributed by atoms with Gasteiger partial charge in [0, 0.05) is 12.3 Å². The molecule has 4 aliphatic carbocycles. The third-order valence-electron chi connectivity index (χ3n) is 8.84. The summed E-state index contributed by atoms with van der Waals surface area (Å²) in [6.45, 7) is 4.80. The summed E-state index contributed by atoms with van der Waals surface area (Å²) in [6, 6.07) is 0. The Balaban J connectivity index is 1.59. The number of nitrogens with zero attached hydrogens (tertiary/aromatic N) is 1. The summed E-state index contributed by atoms with van der Waals surface area (Å²) in [5.41, 5.74) is 1.87. The molecule has 0 spiro atoms. The molecule has 4 nitrogen and oxygen atoms in total. The Morgan fingerprint density at radius 2 is 2.04 bits per heavy atom. The van der Waals surface area contributed by atoms with Gasteiger partial charge in [0.25, 0.3) is 0 Å². The molecule has 7 atom stereocenters. The monoisotopic (exact) mass is 359 g/mol. The molecular formula is C22H33NO3. The van der Waals surface area contributed by atoms with Crippen LogP contribution >= 0.6 is 0 Å². The van der Waals surface area contributed by atoms with Crippen molar-refractivity contribution in [2.24, 2.45) is 39.7 Å². The Morgan fingerprint density at radius 1 is 1.23 bits per heavy atom. The topological polar surface area (TPSA) is 69.9 Å². The first-order chi connectivity index (χ1) is 12.4. The van der Waals surface area contributed by atoms with Gasteiger partial charge in [0.05, 0.1) is 12.3 Å². The minimum absolute atomic E-state index is 0.109. The molecule has 0 saturated heterocycles. The van der Waals surface area contributed by atoms with E-state index < -0.39 is 0 Å². The van der Waals surface area contributed by atoms with Crippen LogP contribution in [0.5, 0.6) is 0 Å². The van der Waals surface area contributed by atoms with Crippen LogP contribution in [0, 0.1) is 34.5 Å².